The van der Waals surface area contributed by atoms with E-state index in [0.717, 1.165) is 32.7 Å². The summed E-state index contributed by atoms with van der Waals surface area (Å²) in [6, 6.07) is 23.4. The summed E-state index contributed by atoms with van der Waals surface area (Å²) in [4.78, 5) is 17.1. The minimum Gasteiger partial charge on any atom is -0.360 e. The monoisotopic (exact) mass is 404 g/mol. The van der Waals surface area contributed by atoms with Crippen LogP contribution in [-0.2, 0) is 4.79 Å². The highest BCUT2D eigenvalue weighted by atomic mass is 16.5. The second-order valence-electron chi connectivity index (χ2n) is 7.72. The molecule has 1 aliphatic rings. The van der Waals surface area contributed by atoms with E-state index in [9.17, 15) is 4.79 Å². The van der Waals surface area contributed by atoms with Crippen LogP contribution < -0.4 is 5.32 Å². The van der Waals surface area contributed by atoms with Crippen molar-refractivity contribution in [3.63, 3.8) is 0 Å². The normalized spacial score (nSPS) is 15.4. The summed E-state index contributed by atoms with van der Waals surface area (Å²) in [5, 5.41) is 6.60. The predicted octanol–water partition coefficient (Wildman–Crippen LogP) is 3.72. The molecule has 1 saturated heterocycles. The van der Waals surface area contributed by atoms with E-state index in [1.54, 1.807) is 13.0 Å². The van der Waals surface area contributed by atoms with Crippen LogP contribution in [0, 0.1) is 6.92 Å². The third-order valence-corrected chi connectivity index (χ3v) is 5.55. The molecule has 2 aromatic carbocycles. The van der Waals surface area contributed by atoms with Crippen molar-refractivity contribution in [1.82, 2.24) is 15.0 Å². The lowest BCUT2D eigenvalue weighted by Crippen LogP contribution is -2.48. The summed E-state index contributed by atoms with van der Waals surface area (Å²) in [6.45, 7) is 6.40. The van der Waals surface area contributed by atoms with Crippen LogP contribution in [0.3, 0.4) is 0 Å². The number of carbonyl (C=O) groups excluding carboxylic acids is 1. The lowest BCUT2D eigenvalue weighted by Gasteiger charge is -2.39. The number of nitrogens with zero attached hydrogens (tertiary/aromatic N) is 3. The van der Waals surface area contributed by atoms with Crippen molar-refractivity contribution in [2.45, 2.75) is 19.4 Å². The number of anilines is 1. The first-order chi connectivity index (χ1) is 14.7. The van der Waals surface area contributed by atoms with E-state index in [2.05, 4.69) is 80.9 Å². The smallest absolute Gasteiger partial charge is 0.226 e. The Hall–Kier alpha value is -2.96. The minimum atomic E-state index is -0.0304. The standard InChI is InChI=1S/C24H28N4O2/c1-19-18-22(26-30-19)25-23(29)12-13-27-14-16-28(17-15-27)24(20-8-4-2-5-9-20)21-10-6-3-7-11-21/h2-11,18,24H,12-17H2,1H3,(H,25,26,29). The topological polar surface area (TPSA) is 61.6 Å². The maximum Gasteiger partial charge on any atom is 0.226 e. The molecule has 0 unspecified atom stereocenters. The molecule has 0 radical (unpaired) electrons. The summed E-state index contributed by atoms with van der Waals surface area (Å²) in [5.74, 6) is 1.14. The zero-order valence-electron chi connectivity index (χ0n) is 17.3. The van der Waals surface area contributed by atoms with Crippen molar-refractivity contribution < 1.29 is 9.32 Å². The maximum absolute atomic E-state index is 12.2. The Kier molecular flexibility index (Phi) is 6.57. The first-order valence-corrected chi connectivity index (χ1v) is 10.5. The molecule has 4 rings (SSSR count). The molecule has 6 nitrogen and oxygen atoms in total. The molecule has 6 heteroatoms. The molecule has 0 atom stereocenters. The second-order valence-corrected chi connectivity index (χ2v) is 7.72. The molecule has 0 saturated carbocycles. The molecular formula is C24H28N4O2. The van der Waals surface area contributed by atoms with Crippen molar-refractivity contribution in [3.8, 4) is 0 Å². The van der Waals surface area contributed by atoms with Gasteiger partial charge in [-0.25, -0.2) is 0 Å². The van der Waals surface area contributed by atoms with E-state index in [-0.39, 0.29) is 11.9 Å². The van der Waals surface area contributed by atoms with E-state index in [1.807, 2.05) is 0 Å². The SMILES string of the molecule is Cc1cc(NC(=O)CCN2CCN(C(c3ccccc3)c3ccccc3)CC2)no1. The van der Waals surface area contributed by atoms with Crippen molar-refractivity contribution in [3.05, 3.63) is 83.6 Å². The zero-order valence-corrected chi connectivity index (χ0v) is 17.3. The van der Waals surface area contributed by atoms with E-state index in [0.29, 0.717) is 18.0 Å². The number of aryl methyl sites for hydroxylation is 1. The third kappa shape index (κ3) is 5.14. The zero-order chi connectivity index (χ0) is 20.8. The number of aromatic nitrogens is 1. The van der Waals surface area contributed by atoms with Gasteiger partial charge >= 0.3 is 0 Å². The Morgan fingerprint density at radius 2 is 1.60 bits per heavy atom. The fourth-order valence-corrected chi connectivity index (χ4v) is 4.02. The summed E-state index contributed by atoms with van der Waals surface area (Å²) >= 11 is 0. The molecule has 30 heavy (non-hydrogen) atoms. The van der Waals surface area contributed by atoms with Gasteiger partial charge in [0.1, 0.15) is 5.76 Å². The molecule has 1 amide bonds. The molecule has 0 spiro atoms. The molecular weight excluding hydrogens is 376 g/mol. The van der Waals surface area contributed by atoms with Crippen LogP contribution in [0.4, 0.5) is 5.82 Å². The Labute approximate surface area is 177 Å². The summed E-state index contributed by atoms with van der Waals surface area (Å²) in [5.41, 5.74) is 2.64. The van der Waals surface area contributed by atoms with Crippen LogP contribution in [0.2, 0.25) is 0 Å². The highest BCUT2D eigenvalue weighted by Crippen LogP contribution is 2.29. The van der Waals surface area contributed by atoms with Crippen LogP contribution >= 0.6 is 0 Å². The molecule has 1 aromatic heterocycles. The third-order valence-electron chi connectivity index (χ3n) is 5.55. The highest BCUT2D eigenvalue weighted by Gasteiger charge is 2.26. The van der Waals surface area contributed by atoms with Gasteiger partial charge in [0.05, 0.1) is 6.04 Å². The largest absolute Gasteiger partial charge is 0.360 e. The van der Waals surface area contributed by atoms with Gasteiger partial charge in [0, 0.05) is 45.2 Å². The van der Waals surface area contributed by atoms with Gasteiger partial charge in [-0.05, 0) is 18.1 Å². The van der Waals surface area contributed by atoms with Gasteiger partial charge in [-0.15, -0.1) is 0 Å². The number of nitrogens with one attached hydrogen (secondary N) is 1. The lowest BCUT2D eigenvalue weighted by atomic mass is 9.96. The molecule has 0 aliphatic carbocycles. The van der Waals surface area contributed by atoms with Crippen molar-refractivity contribution >= 4 is 11.7 Å². The number of benzene rings is 2. The molecule has 3 aromatic rings. The van der Waals surface area contributed by atoms with Crippen molar-refractivity contribution in [2.24, 2.45) is 0 Å². The van der Waals surface area contributed by atoms with Gasteiger partial charge in [0.15, 0.2) is 5.82 Å². The quantitative estimate of drug-likeness (QED) is 0.650. The van der Waals surface area contributed by atoms with E-state index < -0.39 is 0 Å². The molecule has 1 aliphatic heterocycles. The van der Waals surface area contributed by atoms with Crippen LogP contribution in [0.25, 0.3) is 0 Å². The predicted molar refractivity (Wildman–Crippen MR) is 117 cm³/mol. The van der Waals surface area contributed by atoms with E-state index in [1.165, 1.54) is 11.1 Å². The number of amides is 1. The van der Waals surface area contributed by atoms with Crippen molar-refractivity contribution in [2.75, 3.05) is 38.0 Å². The Bertz CT molecular complexity index is 895. The number of rotatable bonds is 7. The lowest BCUT2D eigenvalue weighted by molar-refractivity contribution is -0.116. The Morgan fingerprint density at radius 3 is 2.13 bits per heavy atom. The number of piperazine rings is 1. The van der Waals surface area contributed by atoms with E-state index in [4.69, 9.17) is 4.52 Å². The molecule has 0 bridgehead atoms. The Balaban J connectivity index is 1.32. The molecule has 1 fully saturated rings. The molecule has 1 N–H and O–H groups in total. The Morgan fingerprint density at radius 1 is 1.00 bits per heavy atom. The fraction of sp³-hybridized carbons (Fsp3) is 0.333. The van der Waals surface area contributed by atoms with Gasteiger partial charge < -0.3 is 14.7 Å². The summed E-state index contributed by atoms with van der Waals surface area (Å²) in [7, 11) is 0. The van der Waals surface area contributed by atoms with Crippen molar-refractivity contribution in [1.29, 1.82) is 0 Å². The summed E-state index contributed by atoms with van der Waals surface area (Å²) < 4.78 is 4.99. The number of carbonyl (C=O) groups is 1. The van der Waals surface area contributed by atoms with Crippen LogP contribution in [-0.4, -0.2) is 53.6 Å². The first kappa shape index (κ1) is 20.3. The van der Waals surface area contributed by atoms with Crippen LogP contribution in [0.15, 0.2) is 71.3 Å². The summed E-state index contributed by atoms with van der Waals surface area (Å²) in [6.07, 6.45) is 0.451. The highest BCUT2D eigenvalue weighted by molar-refractivity contribution is 5.89. The van der Waals surface area contributed by atoms with Gasteiger partial charge in [-0.1, -0.05) is 65.8 Å². The minimum absolute atomic E-state index is 0.0304. The van der Waals surface area contributed by atoms with Crippen LogP contribution in [0.1, 0.15) is 29.3 Å². The van der Waals surface area contributed by atoms with Gasteiger partial charge in [0.2, 0.25) is 5.91 Å². The van der Waals surface area contributed by atoms with Gasteiger partial charge in [-0.3, -0.25) is 9.69 Å². The van der Waals surface area contributed by atoms with E-state index >= 15 is 0 Å². The van der Waals surface area contributed by atoms with Gasteiger partial charge in [-0.2, -0.15) is 0 Å². The average Bonchev–Trinajstić information content (AvgIpc) is 3.19. The fourth-order valence-electron chi connectivity index (χ4n) is 4.02. The average molecular weight is 405 g/mol. The number of hydrogen-bond acceptors (Lipinski definition) is 5. The van der Waals surface area contributed by atoms with Crippen LogP contribution in [0.5, 0.6) is 0 Å². The number of hydrogen-bond donors (Lipinski definition) is 1. The second kappa shape index (κ2) is 9.69. The molecule has 2 heterocycles. The van der Waals surface area contributed by atoms with Gasteiger partial charge in [0.25, 0.3) is 0 Å². The first-order valence-electron chi connectivity index (χ1n) is 10.5. The maximum atomic E-state index is 12.2. The molecule has 156 valence electrons.